The Kier molecular flexibility index (Phi) is 10.4. The zero-order chi connectivity index (χ0) is 29.2. The van der Waals surface area contributed by atoms with Crippen LogP contribution in [0.4, 0.5) is 4.39 Å². The van der Waals surface area contributed by atoms with E-state index in [-0.39, 0.29) is 17.4 Å². The molecule has 0 aliphatic rings. The monoisotopic (exact) mass is 551 g/mol. The van der Waals surface area contributed by atoms with Crippen molar-refractivity contribution in [3.05, 3.63) is 136 Å². The third-order valence-electron chi connectivity index (χ3n) is 7.11. The fourth-order valence-electron chi connectivity index (χ4n) is 4.79. The molecule has 0 spiro atoms. The number of benzene rings is 4. The van der Waals surface area contributed by atoms with Gasteiger partial charge in [0.25, 0.3) is 5.56 Å². The molecule has 0 bridgehead atoms. The van der Waals surface area contributed by atoms with Gasteiger partial charge in [-0.3, -0.25) is 9.36 Å². The minimum atomic E-state index is -0.326. The highest BCUT2D eigenvalue weighted by atomic mass is 19.1. The summed E-state index contributed by atoms with van der Waals surface area (Å²) in [4.78, 5) is 18.1. The van der Waals surface area contributed by atoms with Crippen molar-refractivity contribution in [1.82, 2.24) is 9.55 Å². The number of hydrogen-bond acceptors (Lipinski definition) is 4. The van der Waals surface area contributed by atoms with Crippen LogP contribution >= 0.6 is 0 Å². The predicted molar refractivity (Wildman–Crippen MR) is 165 cm³/mol. The Morgan fingerprint density at radius 3 is 1.98 bits per heavy atom. The SMILES string of the molecule is CC[C@@H](N)Cc1ccccc1.CC[C@H](Cc1ccccc1)n1c(C)nc2ccc(Oc3ccc(F)cc3)cc2c1=O. The van der Waals surface area contributed by atoms with E-state index in [1.54, 1.807) is 34.9 Å². The van der Waals surface area contributed by atoms with E-state index >= 15 is 0 Å². The van der Waals surface area contributed by atoms with Gasteiger partial charge in [0.1, 0.15) is 23.1 Å². The molecule has 1 heterocycles. The maximum absolute atomic E-state index is 13.4. The molecule has 4 aromatic carbocycles. The van der Waals surface area contributed by atoms with Crippen LogP contribution in [0.2, 0.25) is 0 Å². The first kappa shape index (κ1) is 29.7. The van der Waals surface area contributed by atoms with Gasteiger partial charge in [0, 0.05) is 12.1 Å². The summed E-state index contributed by atoms with van der Waals surface area (Å²) in [6.45, 7) is 6.07. The number of aromatic nitrogens is 2. The summed E-state index contributed by atoms with van der Waals surface area (Å²) in [6.07, 6.45) is 3.62. The third-order valence-corrected chi connectivity index (χ3v) is 7.11. The predicted octanol–water partition coefficient (Wildman–Crippen LogP) is 7.80. The van der Waals surface area contributed by atoms with Crippen molar-refractivity contribution < 1.29 is 9.13 Å². The molecule has 5 nitrogen and oxygen atoms in total. The largest absolute Gasteiger partial charge is 0.457 e. The Morgan fingerprint density at radius 2 is 1.39 bits per heavy atom. The Bertz CT molecular complexity index is 1590. The molecule has 0 saturated carbocycles. The van der Waals surface area contributed by atoms with Crippen molar-refractivity contribution in [3.63, 3.8) is 0 Å². The lowest BCUT2D eigenvalue weighted by atomic mass is 10.0. The molecule has 0 radical (unpaired) electrons. The number of nitrogens with zero attached hydrogens (tertiary/aromatic N) is 2. The lowest BCUT2D eigenvalue weighted by molar-refractivity contribution is 0.455. The maximum atomic E-state index is 13.4. The highest BCUT2D eigenvalue weighted by molar-refractivity contribution is 5.79. The van der Waals surface area contributed by atoms with Crippen LogP contribution in [0.3, 0.4) is 0 Å². The van der Waals surface area contributed by atoms with E-state index in [0.717, 1.165) is 25.7 Å². The summed E-state index contributed by atoms with van der Waals surface area (Å²) in [5, 5.41) is 0.506. The van der Waals surface area contributed by atoms with Gasteiger partial charge >= 0.3 is 0 Å². The first-order valence-corrected chi connectivity index (χ1v) is 14.2. The molecule has 41 heavy (non-hydrogen) atoms. The number of rotatable bonds is 9. The van der Waals surface area contributed by atoms with Crippen LogP contribution in [0.25, 0.3) is 10.9 Å². The van der Waals surface area contributed by atoms with E-state index in [9.17, 15) is 9.18 Å². The van der Waals surface area contributed by atoms with Gasteiger partial charge in [-0.25, -0.2) is 9.37 Å². The average Bonchev–Trinajstić information content (AvgIpc) is 2.99. The first-order valence-electron chi connectivity index (χ1n) is 14.2. The zero-order valence-electron chi connectivity index (χ0n) is 24.0. The van der Waals surface area contributed by atoms with Gasteiger partial charge in [-0.05, 0) is 86.2 Å². The number of halogens is 1. The molecular formula is C35H38FN3O2. The van der Waals surface area contributed by atoms with Crippen molar-refractivity contribution >= 4 is 10.9 Å². The van der Waals surface area contributed by atoms with E-state index in [0.29, 0.717) is 34.3 Å². The average molecular weight is 552 g/mol. The van der Waals surface area contributed by atoms with E-state index in [2.05, 4.69) is 55.2 Å². The number of fused-ring (bicyclic) bond motifs is 1. The minimum Gasteiger partial charge on any atom is -0.457 e. The van der Waals surface area contributed by atoms with Crippen LogP contribution in [0.15, 0.2) is 108 Å². The van der Waals surface area contributed by atoms with Gasteiger partial charge < -0.3 is 10.5 Å². The van der Waals surface area contributed by atoms with Gasteiger partial charge in [0.2, 0.25) is 0 Å². The van der Waals surface area contributed by atoms with Crippen LogP contribution in [-0.2, 0) is 12.8 Å². The molecular weight excluding hydrogens is 513 g/mol. The maximum Gasteiger partial charge on any atom is 0.261 e. The van der Waals surface area contributed by atoms with Crippen molar-refractivity contribution in [2.45, 2.75) is 58.5 Å². The second kappa shape index (κ2) is 14.4. The summed E-state index contributed by atoms with van der Waals surface area (Å²) in [5.74, 6) is 1.39. The highest BCUT2D eigenvalue weighted by Gasteiger charge is 2.17. The van der Waals surface area contributed by atoms with E-state index in [1.165, 1.54) is 23.3 Å². The minimum absolute atomic E-state index is 0.0125. The molecule has 0 aliphatic heterocycles. The van der Waals surface area contributed by atoms with Crippen molar-refractivity contribution in [2.75, 3.05) is 0 Å². The molecule has 0 saturated heterocycles. The molecule has 5 rings (SSSR count). The van der Waals surface area contributed by atoms with Gasteiger partial charge in [-0.2, -0.15) is 0 Å². The summed E-state index contributed by atoms with van der Waals surface area (Å²) in [7, 11) is 0. The lowest BCUT2D eigenvalue weighted by Crippen LogP contribution is -2.29. The van der Waals surface area contributed by atoms with Crippen LogP contribution in [-0.4, -0.2) is 15.6 Å². The Hall–Kier alpha value is -4.29. The molecule has 5 aromatic rings. The highest BCUT2D eigenvalue weighted by Crippen LogP contribution is 2.25. The standard InChI is InChI=1S/C25H23FN2O2.C10H15N/c1-3-20(15-18-7-5-4-6-8-18)28-17(2)27-24-14-13-22(16-23(24)25(28)29)30-21-11-9-19(26)10-12-21;1-2-10(11)8-9-6-4-3-5-7-9/h4-14,16,20H,3,15H2,1-2H3;3-7,10H,2,8,11H2,1H3/t20-;10-/m11/s1. The van der Waals surface area contributed by atoms with E-state index < -0.39 is 0 Å². The second-order valence-corrected chi connectivity index (χ2v) is 10.2. The normalized spacial score (nSPS) is 12.3. The van der Waals surface area contributed by atoms with Gasteiger partial charge in [-0.15, -0.1) is 0 Å². The van der Waals surface area contributed by atoms with Crippen molar-refractivity contribution in [3.8, 4) is 11.5 Å². The molecule has 0 aliphatic carbocycles. The quantitative estimate of drug-likeness (QED) is 0.203. The molecule has 6 heteroatoms. The molecule has 2 N–H and O–H groups in total. The van der Waals surface area contributed by atoms with Crippen LogP contribution < -0.4 is 16.0 Å². The molecule has 0 fully saturated rings. The van der Waals surface area contributed by atoms with Gasteiger partial charge in [0.15, 0.2) is 0 Å². The summed E-state index contributed by atoms with van der Waals surface area (Å²) in [5.41, 5.74) is 8.88. The zero-order valence-corrected chi connectivity index (χ0v) is 24.0. The first-order chi connectivity index (χ1) is 19.9. The van der Waals surface area contributed by atoms with Crippen LogP contribution in [0, 0.1) is 12.7 Å². The van der Waals surface area contributed by atoms with E-state index in [1.807, 2.05) is 31.2 Å². The molecule has 0 amide bonds. The lowest BCUT2D eigenvalue weighted by Gasteiger charge is -2.21. The smallest absolute Gasteiger partial charge is 0.261 e. The number of hydrogen-bond donors (Lipinski definition) is 1. The Labute approximate surface area is 241 Å². The number of aryl methyl sites for hydroxylation is 1. The number of nitrogens with two attached hydrogens (primary N) is 1. The summed E-state index contributed by atoms with van der Waals surface area (Å²) >= 11 is 0. The number of ether oxygens (including phenoxy) is 1. The molecule has 2 atom stereocenters. The fraction of sp³-hybridized carbons (Fsp3) is 0.257. The summed E-state index contributed by atoms with van der Waals surface area (Å²) in [6, 6.07) is 31.9. The molecule has 0 unspecified atom stereocenters. The Morgan fingerprint density at radius 1 is 0.805 bits per heavy atom. The van der Waals surface area contributed by atoms with Gasteiger partial charge in [0.05, 0.1) is 10.9 Å². The Balaban J connectivity index is 0.000000296. The van der Waals surface area contributed by atoms with Crippen molar-refractivity contribution in [1.29, 1.82) is 0 Å². The topological polar surface area (TPSA) is 70.1 Å². The molecule has 1 aromatic heterocycles. The van der Waals surface area contributed by atoms with Gasteiger partial charge in [-0.1, -0.05) is 74.5 Å². The van der Waals surface area contributed by atoms with Crippen molar-refractivity contribution in [2.24, 2.45) is 5.73 Å². The summed E-state index contributed by atoms with van der Waals surface area (Å²) < 4.78 is 20.7. The van der Waals surface area contributed by atoms with Crippen LogP contribution in [0.1, 0.15) is 49.7 Å². The molecule has 212 valence electrons. The second-order valence-electron chi connectivity index (χ2n) is 10.2. The third kappa shape index (κ3) is 8.12. The van der Waals surface area contributed by atoms with Crippen LogP contribution in [0.5, 0.6) is 11.5 Å². The fourth-order valence-corrected chi connectivity index (χ4v) is 4.79. The van der Waals surface area contributed by atoms with E-state index in [4.69, 9.17) is 10.5 Å².